The van der Waals surface area contributed by atoms with Gasteiger partial charge in [0.25, 0.3) is 0 Å². The number of hydrogen-bond acceptors (Lipinski definition) is 6. The summed E-state index contributed by atoms with van der Waals surface area (Å²) in [4.78, 5) is 7.36. The fourth-order valence-electron chi connectivity index (χ4n) is 4.67. The van der Waals surface area contributed by atoms with Crippen LogP contribution in [-0.2, 0) is 23.1 Å². The van der Waals surface area contributed by atoms with Crippen LogP contribution in [0.5, 0.6) is 11.5 Å². The Morgan fingerprint density at radius 2 is 1.97 bits per heavy atom. The van der Waals surface area contributed by atoms with Gasteiger partial charge in [-0.2, -0.15) is 0 Å². The van der Waals surface area contributed by atoms with Crippen LogP contribution >= 0.6 is 0 Å². The van der Waals surface area contributed by atoms with Gasteiger partial charge >= 0.3 is 0 Å². The van der Waals surface area contributed by atoms with Crippen molar-refractivity contribution in [1.29, 1.82) is 0 Å². The fraction of sp³-hybridized carbons (Fsp3) is 0.458. The molecule has 1 unspecified atom stereocenters. The van der Waals surface area contributed by atoms with Crippen LogP contribution in [0, 0.1) is 0 Å². The minimum absolute atomic E-state index is 0.0868. The number of aromatic nitrogens is 2. The lowest BCUT2D eigenvalue weighted by Crippen LogP contribution is -2.25. The third-order valence-electron chi connectivity index (χ3n) is 6.37. The summed E-state index contributed by atoms with van der Waals surface area (Å²) in [6.07, 6.45) is 4.20. The van der Waals surface area contributed by atoms with Gasteiger partial charge in [0.2, 0.25) is 10.0 Å². The van der Waals surface area contributed by atoms with E-state index >= 15 is 0 Å². The summed E-state index contributed by atoms with van der Waals surface area (Å²) in [7, 11) is -0.443. The maximum absolute atomic E-state index is 11.8. The first kappa shape index (κ1) is 23.5. The average Bonchev–Trinajstić information content (AvgIpc) is 3.40. The van der Waals surface area contributed by atoms with Crippen molar-refractivity contribution in [2.45, 2.75) is 56.6 Å². The molecule has 1 fully saturated rings. The molecule has 8 nitrogen and oxygen atoms in total. The monoisotopic (exact) mass is 472 g/mol. The van der Waals surface area contributed by atoms with Crippen molar-refractivity contribution in [3.05, 3.63) is 47.8 Å². The number of ether oxygens (including phenoxy) is 2. The van der Waals surface area contributed by atoms with Crippen LogP contribution in [0.4, 0.5) is 0 Å². The van der Waals surface area contributed by atoms with E-state index in [0.717, 1.165) is 67.2 Å². The molecular formula is C24H32N4O4S. The summed E-state index contributed by atoms with van der Waals surface area (Å²) in [6, 6.07) is 11.1. The van der Waals surface area contributed by atoms with E-state index < -0.39 is 10.0 Å². The lowest BCUT2D eigenvalue weighted by Gasteiger charge is -2.26. The summed E-state index contributed by atoms with van der Waals surface area (Å²) < 4.78 is 36.9. The van der Waals surface area contributed by atoms with Crippen LogP contribution in [0.2, 0.25) is 0 Å². The Morgan fingerprint density at radius 1 is 1.15 bits per heavy atom. The van der Waals surface area contributed by atoms with Crippen LogP contribution in [0.25, 0.3) is 11.0 Å². The van der Waals surface area contributed by atoms with Gasteiger partial charge in [0.1, 0.15) is 17.3 Å². The van der Waals surface area contributed by atoms with Crippen LogP contribution in [0.3, 0.4) is 0 Å². The molecule has 2 heterocycles. The summed E-state index contributed by atoms with van der Waals surface area (Å²) in [5.41, 5.74) is 2.73. The highest BCUT2D eigenvalue weighted by Gasteiger charge is 2.30. The molecule has 2 N–H and O–H groups in total. The van der Waals surface area contributed by atoms with E-state index in [2.05, 4.69) is 22.5 Å². The molecule has 3 aromatic rings. The number of sulfonamides is 1. The van der Waals surface area contributed by atoms with Crippen molar-refractivity contribution in [2.24, 2.45) is 5.14 Å². The molecular weight excluding hydrogens is 440 g/mol. The predicted molar refractivity (Wildman–Crippen MR) is 128 cm³/mol. The highest BCUT2D eigenvalue weighted by molar-refractivity contribution is 7.89. The van der Waals surface area contributed by atoms with Gasteiger partial charge in [-0.3, -0.25) is 4.90 Å². The topological polar surface area (TPSA) is 99.7 Å². The van der Waals surface area contributed by atoms with Crippen molar-refractivity contribution >= 4 is 21.1 Å². The van der Waals surface area contributed by atoms with E-state index in [1.54, 1.807) is 26.4 Å². The summed E-state index contributed by atoms with van der Waals surface area (Å²) in [5.74, 6) is 2.53. The van der Waals surface area contributed by atoms with Gasteiger partial charge in [-0.05, 0) is 50.1 Å². The maximum atomic E-state index is 11.8. The lowest BCUT2D eigenvalue weighted by molar-refractivity contribution is 0.233. The smallest absolute Gasteiger partial charge is 0.238 e. The van der Waals surface area contributed by atoms with E-state index in [9.17, 15) is 8.42 Å². The zero-order chi connectivity index (χ0) is 23.6. The molecule has 1 saturated heterocycles. The van der Waals surface area contributed by atoms with Crippen molar-refractivity contribution < 1.29 is 17.9 Å². The number of primary sulfonamides is 1. The zero-order valence-corrected chi connectivity index (χ0v) is 20.3. The molecule has 1 aromatic heterocycles. The van der Waals surface area contributed by atoms with Crippen molar-refractivity contribution in [3.63, 3.8) is 0 Å². The second-order valence-corrected chi connectivity index (χ2v) is 10.0. The van der Waals surface area contributed by atoms with Gasteiger partial charge in [0.15, 0.2) is 0 Å². The summed E-state index contributed by atoms with van der Waals surface area (Å²) in [6.45, 7) is 4.62. The normalized spacial score (nSPS) is 17.0. The number of rotatable bonds is 9. The van der Waals surface area contributed by atoms with Crippen LogP contribution in [0.1, 0.15) is 50.0 Å². The quantitative estimate of drug-likeness (QED) is 0.508. The molecule has 0 spiro atoms. The number of benzene rings is 2. The number of fused-ring (bicyclic) bond motifs is 1. The highest BCUT2D eigenvalue weighted by atomic mass is 32.2. The Kier molecular flexibility index (Phi) is 6.92. The Labute approximate surface area is 195 Å². The SMILES string of the molecule is CCCCn1c(CN2CCCC2c2ccc(OC)cc2OC)nc2cc(S(N)(=O)=O)ccc21. The number of unbranched alkanes of at least 4 members (excludes halogenated alkanes) is 1. The standard InChI is InChI=1S/C24H32N4O4S/c1-4-5-13-28-22-11-9-18(33(25,29)30)15-20(22)26-24(28)16-27-12-6-7-21(27)19-10-8-17(31-2)14-23(19)32-3/h8-11,14-15,21H,4-7,12-13,16H2,1-3H3,(H2,25,29,30). The molecule has 1 aliphatic heterocycles. The predicted octanol–water partition coefficient (Wildman–Crippen LogP) is 3.84. The minimum Gasteiger partial charge on any atom is -0.497 e. The number of imidazole rings is 1. The lowest BCUT2D eigenvalue weighted by atomic mass is 10.0. The van der Waals surface area contributed by atoms with E-state index in [-0.39, 0.29) is 10.9 Å². The number of methoxy groups -OCH3 is 2. The minimum atomic E-state index is -3.78. The van der Waals surface area contributed by atoms with Gasteiger partial charge in [0.05, 0.1) is 36.7 Å². The van der Waals surface area contributed by atoms with Crippen LogP contribution in [0.15, 0.2) is 41.3 Å². The number of nitrogens with zero attached hydrogens (tertiary/aromatic N) is 3. The number of likely N-dealkylation sites (tertiary alicyclic amines) is 1. The first-order valence-electron chi connectivity index (χ1n) is 11.3. The molecule has 4 rings (SSSR count). The molecule has 178 valence electrons. The molecule has 33 heavy (non-hydrogen) atoms. The van der Waals surface area contributed by atoms with E-state index in [4.69, 9.17) is 19.6 Å². The second-order valence-electron chi connectivity index (χ2n) is 8.47. The molecule has 2 aromatic carbocycles. The van der Waals surface area contributed by atoms with Gasteiger partial charge in [-0.15, -0.1) is 0 Å². The van der Waals surface area contributed by atoms with Crippen LogP contribution < -0.4 is 14.6 Å². The van der Waals surface area contributed by atoms with Crippen molar-refractivity contribution in [3.8, 4) is 11.5 Å². The third-order valence-corrected chi connectivity index (χ3v) is 7.28. The summed E-state index contributed by atoms with van der Waals surface area (Å²) >= 11 is 0. The molecule has 0 bridgehead atoms. The zero-order valence-electron chi connectivity index (χ0n) is 19.5. The molecule has 1 aliphatic rings. The number of hydrogen-bond donors (Lipinski definition) is 1. The van der Waals surface area contributed by atoms with E-state index in [1.807, 2.05) is 18.2 Å². The molecule has 0 saturated carbocycles. The van der Waals surface area contributed by atoms with Crippen molar-refractivity contribution in [1.82, 2.24) is 14.5 Å². The molecule has 1 atom stereocenters. The maximum Gasteiger partial charge on any atom is 0.238 e. The van der Waals surface area contributed by atoms with Crippen LogP contribution in [-0.4, -0.2) is 43.6 Å². The Hall–Kier alpha value is -2.62. The Balaban J connectivity index is 1.69. The Bertz CT molecular complexity index is 1240. The molecule has 9 heteroatoms. The second kappa shape index (κ2) is 9.70. The van der Waals surface area contributed by atoms with E-state index in [1.165, 1.54) is 0 Å². The molecule has 0 amide bonds. The molecule has 0 aliphatic carbocycles. The number of nitrogens with two attached hydrogens (primary N) is 1. The first-order chi connectivity index (χ1) is 15.9. The average molecular weight is 473 g/mol. The molecule has 0 radical (unpaired) electrons. The van der Waals surface area contributed by atoms with Gasteiger partial charge in [-0.1, -0.05) is 19.4 Å². The summed E-state index contributed by atoms with van der Waals surface area (Å²) in [5, 5.41) is 5.34. The van der Waals surface area contributed by atoms with E-state index in [0.29, 0.717) is 12.1 Å². The van der Waals surface area contributed by atoms with Gasteiger partial charge in [-0.25, -0.2) is 18.5 Å². The Morgan fingerprint density at radius 3 is 2.67 bits per heavy atom. The largest absolute Gasteiger partial charge is 0.497 e. The van der Waals surface area contributed by atoms with Gasteiger partial charge in [0, 0.05) is 24.2 Å². The van der Waals surface area contributed by atoms with Gasteiger partial charge < -0.3 is 14.0 Å². The van der Waals surface area contributed by atoms with Crippen molar-refractivity contribution in [2.75, 3.05) is 20.8 Å². The highest BCUT2D eigenvalue weighted by Crippen LogP contribution is 2.39. The first-order valence-corrected chi connectivity index (χ1v) is 12.9. The fourth-order valence-corrected chi connectivity index (χ4v) is 5.20. The third kappa shape index (κ3) is 4.85. The number of aryl methyl sites for hydroxylation is 1.